The molecule has 19 heavy (non-hydrogen) atoms. The van der Waals surface area contributed by atoms with Gasteiger partial charge in [-0.25, -0.2) is 0 Å². The summed E-state index contributed by atoms with van der Waals surface area (Å²) in [4.78, 5) is 12.1. The fourth-order valence-electron chi connectivity index (χ4n) is 2.34. The number of piperidine rings is 1. The van der Waals surface area contributed by atoms with Crippen LogP contribution >= 0.6 is 15.9 Å². The predicted octanol–water partition coefficient (Wildman–Crippen LogP) is 2.68. The number of hydrogen-bond acceptors (Lipinski definition) is 3. The Morgan fingerprint density at radius 2 is 2.11 bits per heavy atom. The molecule has 0 radical (unpaired) electrons. The van der Waals surface area contributed by atoms with Crippen molar-refractivity contribution in [1.29, 1.82) is 0 Å². The van der Waals surface area contributed by atoms with E-state index in [1.54, 1.807) is 6.07 Å². The number of furan rings is 1. The minimum Gasteiger partial charge on any atom is -0.451 e. The summed E-state index contributed by atoms with van der Waals surface area (Å²) < 4.78 is 6.54. The Labute approximate surface area is 119 Å². The van der Waals surface area contributed by atoms with Crippen molar-refractivity contribution in [2.24, 2.45) is 0 Å². The van der Waals surface area contributed by atoms with Crippen LogP contribution in [-0.2, 0) is 0 Å². The molecule has 4 nitrogen and oxygen atoms in total. The average molecular weight is 323 g/mol. The molecule has 2 N–H and O–H groups in total. The maximum Gasteiger partial charge on any atom is 0.287 e. The van der Waals surface area contributed by atoms with Crippen LogP contribution in [-0.4, -0.2) is 25.0 Å². The molecule has 1 aromatic heterocycles. The van der Waals surface area contributed by atoms with Gasteiger partial charge in [0.05, 0.1) is 0 Å². The molecule has 1 amide bonds. The first-order valence-electron chi connectivity index (χ1n) is 6.43. The van der Waals surface area contributed by atoms with E-state index in [0.29, 0.717) is 5.76 Å². The van der Waals surface area contributed by atoms with Crippen molar-refractivity contribution in [3.05, 3.63) is 34.5 Å². The van der Waals surface area contributed by atoms with Gasteiger partial charge in [0.25, 0.3) is 5.91 Å². The highest BCUT2D eigenvalue weighted by Crippen LogP contribution is 2.23. The molecule has 0 unspecified atom stereocenters. The lowest BCUT2D eigenvalue weighted by Gasteiger charge is -2.23. The number of carbonyl (C=O) groups excluding carboxylic acids is 1. The molecule has 5 heteroatoms. The van der Waals surface area contributed by atoms with E-state index in [1.807, 2.05) is 18.2 Å². The summed E-state index contributed by atoms with van der Waals surface area (Å²) in [5.74, 6) is 0.255. The third-order valence-electron chi connectivity index (χ3n) is 3.38. The summed E-state index contributed by atoms with van der Waals surface area (Å²) in [5.41, 5.74) is 0.727. The lowest BCUT2D eigenvalue weighted by molar-refractivity contribution is 0.0903. The van der Waals surface area contributed by atoms with Crippen molar-refractivity contribution >= 4 is 32.8 Å². The highest BCUT2D eigenvalue weighted by molar-refractivity contribution is 9.10. The Bertz CT molecular complexity index is 603. The van der Waals surface area contributed by atoms with Gasteiger partial charge in [0.2, 0.25) is 0 Å². The van der Waals surface area contributed by atoms with Crippen LogP contribution in [0.3, 0.4) is 0 Å². The molecule has 100 valence electrons. The van der Waals surface area contributed by atoms with Crippen LogP contribution < -0.4 is 10.6 Å². The van der Waals surface area contributed by atoms with Crippen molar-refractivity contribution in [3.8, 4) is 0 Å². The van der Waals surface area contributed by atoms with Gasteiger partial charge in [0.15, 0.2) is 5.76 Å². The Hall–Kier alpha value is -1.33. The summed E-state index contributed by atoms with van der Waals surface area (Å²) in [6, 6.07) is 7.78. The van der Waals surface area contributed by atoms with Gasteiger partial charge in [-0.05, 0) is 50.2 Å². The third-order valence-corrected chi connectivity index (χ3v) is 3.87. The second-order valence-electron chi connectivity index (χ2n) is 4.79. The van der Waals surface area contributed by atoms with E-state index < -0.39 is 0 Å². The molecule has 2 heterocycles. The van der Waals surface area contributed by atoms with Crippen LogP contribution in [0.25, 0.3) is 11.0 Å². The zero-order chi connectivity index (χ0) is 13.2. The van der Waals surface area contributed by atoms with Gasteiger partial charge in [0, 0.05) is 15.9 Å². The number of halogens is 1. The van der Waals surface area contributed by atoms with Gasteiger partial charge < -0.3 is 15.1 Å². The number of rotatable bonds is 2. The topological polar surface area (TPSA) is 54.3 Å². The Morgan fingerprint density at radius 3 is 2.89 bits per heavy atom. The highest BCUT2D eigenvalue weighted by atomic mass is 79.9. The first kappa shape index (κ1) is 12.7. The summed E-state index contributed by atoms with van der Waals surface area (Å²) in [6.45, 7) is 1.91. The van der Waals surface area contributed by atoms with Crippen molar-refractivity contribution in [1.82, 2.24) is 10.6 Å². The number of nitrogens with one attached hydrogen (secondary N) is 2. The lowest BCUT2D eigenvalue weighted by atomic mass is 10.1. The largest absolute Gasteiger partial charge is 0.451 e. The predicted molar refractivity (Wildman–Crippen MR) is 77.3 cm³/mol. The maximum absolute atomic E-state index is 12.1. The normalized spacial score (nSPS) is 16.7. The van der Waals surface area contributed by atoms with Crippen LogP contribution in [0.2, 0.25) is 0 Å². The third kappa shape index (κ3) is 2.82. The molecule has 0 saturated carbocycles. The molecule has 1 fully saturated rings. The first-order valence-corrected chi connectivity index (χ1v) is 7.22. The summed E-state index contributed by atoms with van der Waals surface area (Å²) in [7, 11) is 0. The lowest BCUT2D eigenvalue weighted by Crippen LogP contribution is -2.42. The molecule has 3 rings (SSSR count). The molecule has 0 bridgehead atoms. The van der Waals surface area contributed by atoms with E-state index in [1.165, 1.54) is 0 Å². The second-order valence-corrected chi connectivity index (χ2v) is 5.71. The summed E-state index contributed by atoms with van der Waals surface area (Å²) in [5, 5.41) is 7.25. The Morgan fingerprint density at radius 1 is 1.32 bits per heavy atom. The minimum absolute atomic E-state index is 0.126. The maximum atomic E-state index is 12.1. The SMILES string of the molecule is O=C(NC1CCNCC1)c1cc2ccc(Br)cc2o1. The highest BCUT2D eigenvalue weighted by Gasteiger charge is 2.18. The molecular formula is C14H15BrN2O2. The molecule has 0 spiro atoms. The van der Waals surface area contributed by atoms with Crippen LogP contribution in [0.5, 0.6) is 0 Å². The monoisotopic (exact) mass is 322 g/mol. The Balaban J connectivity index is 1.77. The fourth-order valence-corrected chi connectivity index (χ4v) is 2.68. The number of amides is 1. The minimum atomic E-state index is -0.126. The van der Waals surface area contributed by atoms with E-state index in [9.17, 15) is 4.79 Å². The Kier molecular flexibility index (Phi) is 3.57. The van der Waals surface area contributed by atoms with Crippen LogP contribution in [0.4, 0.5) is 0 Å². The van der Waals surface area contributed by atoms with Gasteiger partial charge in [-0.1, -0.05) is 15.9 Å². The van der Waals surface area contributed by atoms with E-state index in [4.69, 9.17) is 4.42 Å². The standard InChI is InChI=1S/C14H15BrN2O2/c15-10-2-1-9-7-13(19-12(9)8-10)14(18)17-11-3-5-16-6-4-11/h1-2,7-8,11,16H,3-6H2,(H,17,18). The van der Waals surface area contributed by atoms with Crippen molar-refractivity contribution in [2.45, 2.75) is 18.9 Å². The van der Waals surface area contributed by atoms with Crippen LogP contribution in [0.15, 0.2) is 33.2 Å². The molecule has 1 aliphatic rings. The van der Waals surface area contributed by atoms with Gasteiger partial charge in [0.1, 0.15) is 5.58 Å². The molecule has 1 aromatic carbocycles. The second kappa shape index (κ2) is 5.35. The van der Waals surface area contributed by atoms with Crippen molar-refractivity contribution in [3.63, 3.8) is 0 Å². The zero-order valence-corrected chi connectivity index (χ0v) is 12.0. The number of carbonyl (C=O) groups is 1. The smallest absolute Gasteiger partial charge is 0.287 e. The summed E-state index contributed by atoms with van der Waals surface area (Å²) in [6.07, 6.45) is 1.94. The average Bonchev–Trinajstić information content (AvgIpc) is 2.83. The first-order chi connectivity index (χ1) is 9.22. The quantitative estimate of drug-likeness (QED) is 0.893. The van der Waals surface area contributed by atoms with Crippen LogP contribution in [0, 0.1) is 0 Å². The molecule has 1 aliphatic heterocycles. The fraction of sp³-hybridized carbons (Fsp3) is 0.357. The molecule has 0 aliphatic carbocycles. The van der Waals surface area contributed by atoms with Gasteiger partial charge >= 0.3 is 0 Å². The number of fused-ring (bicyclic) bond motifs is 1. The molecule has 2 aromatic rings. The van der Waals surface area contributed by atoms with Crippen molar-refractivity contribution < 1.29 is 9.21 Å². The number of hydrogen-bond donors (Lipinski definition) is 2. The van der Waals surface area contributed by atoms with Crippen LogP contribution in [0.1, 0.15) is 23.4 Å². The molecule has 1 saturated heterocycles. The number of benzene rings is 1. The van der Waals surface area contributed by atoms with Crippen molar-refractivity contribution in [2.75, 3.05) is 13.1 Å². The van der Waals surface area contributed by atoms with Gasteiger partial charge in [-0.15, -0.1) is 0 Å². The summed E-state index contributed by atoms with van der Waals surface area (Å²) >= 11 is 3.39. The van der Waals surface area contributed by atoms with E-state index >= 15 is 0 Å². The van der Waals surface area contributed by atoms with Gasteiger partial charge in [-0.2, -0.15) is 0 Å². The van der Waals surface area contributed by atoms with E-state index in [0.717, 1.165) is 41.4 Å². The molecule has 0 atom stereocenters. The molecular weight excluding hydrogens is 308 g/mol. The van der Waals surface area contributed by atoms with E-state index in [-0.39, 0.29) is 11.9 Å². The van der Waals surface area contributed by atoms with E-state index in [2.05, 4.69) is 26.6 Å². The van der Waals surface area contributed by atoms with Gasteiger partial charge in [-0.3, -0.25) is 4.79 Å². The zero-order valence-electron chi connectivity index (χ0n) is 10.4.